The first-order valence-corrected chi connectivity index (χ1v) is 6.82. The van der Waals surface area contributed by atoms with Gasteiger partial charge >= 0.3 is 12.1 Å². The predicted octanol–water partition coefficient (Wildman–Crippen LogP) is -0.0690. The summed E-state index contributed by atoms with van der Waals surface area (Å²) in [7, 11) is -4.20. The lowest BCUT2D eigenvalue weighted by Crippen LogP contribution is -2.49. The van der Waals surface area contributed by atoms with E-state index < -0.39 is 28.0 Å². The molecule has 1 aromatic rings. The third-order valence-electron chi connectivity index (χ3n) is 1.84. The van der Waals surface area contributed by atoms with Crippen LogP contribution in [0.4, 0.5) is 9.59 Å². The zero-order valence-electron chi connectivity index (χ0n) is 9.81. The van der Waals surface area contributed by atoms with Crippen LogP contribution in [-0.2, 0) is 10.0 Å². The Kier molecular flexibility index (Phi) is 4.88. The highest BCUT2D eigenvalue weighted by atomic mass is 35.5. The Bertz CT molecular complexity index is 660. The molecule has 0 saturated heterocycles. The van der Waals surface area contributed by atoms with Crippen LogP contribution >= 0.6 is 11.6 Å². The molecule has 4 amide bonds. The number of nitrogens with two attached hydrogens (primary N) is 1. The van der Waals surface area contributed by atoms with Crippen LogP contribution in [0.3, 0.4) is 0 Å². The van der Waals surface area contributed by atoms with Gasteiger partial charge in [0.15, 0.2) is 0 Å². The Morgan fingerprint density at radius 1 is 1.20 bits per heavy atom. The maximum atomic E-state index is 11.8. The molecular formula is C9H10ClN5O4S. The Balaban J connectivity index is 2.77. The first kappa shape index (κ1) is 15.7. The molecule has 0 unspecified atom stereocenters. The predicted molar refractivity (Wildman–Crippen MR) is 70.8 cm³/mol. The number of primary amides is 1. The van der Waals surface area contributed by atoms with Gasteiger partial charge in [0.05, 0.1) is 5.02 Å². The van der Waals surface area contributed by atoms with E-state index in [-0.39, 0.29) is 9.92 Å². The average molecular weight is 320 g/mol. The van der Waals surface area contributed by atoms with Gasteiger partial charge in [-0.1, -0.05) is 23.7 Å². The largest absolute Gasteiger partial charge is 0.351 e. The molecule has 0 aromatic heterocycles. The molecule has 0 fully saturated rings. The molecule has 0 aliphatic rings. The summed E-state index contributed by atoms with van der Waals surface area (Å²) in [5, 5.41) is 10.5. The second-order valence-electron chi connectivity index (χ2n) is 3.35. The monoisotopic (exact) mass is 319 g/mol. The van der Waals surface area contributed by atoms with E-state index in [0.717, 1.165) is 0 Å². The fraction of sp³-hybridized carbons (Fsp3) is 0. The van der Waals surface area contributed by atoms with Crippen molar-refractivity contribution in [3.8, 4) is 0 Å². The lowest BCUT2D eigenvalue weighted by atomic mass is 10.4. The highest BCUT2D eigenvalue weighted by molar-refractivity contribution is 7.90. The van der Waals surface area contributed by atoms with Crippen molar-refractivity contribution in [2.45, 2.75) is 4.90 Å². The molecule has 0 spiro atoms. The van der Waals surface area contributed by atoms with Gasteiger partial charge in [-0.3, -0.25) is 16.0 Å². The summed E-state index contributed by atoms with van der Waals surface area (Å²) in [5.74, 6) is -0.774. The minimum absolute atomic E-state index is 0.0712. The molecule has 0 radical (unpaired) electrons. The molecular weight excluding hydrogens is 310 g/mol. The summed E-state index contributed by atoms with van der Waals surface area (Å²) in [6.45, 7) is 0. The third-order valence-corrected chi connectivity index (χ3v) is 3.67. The summed E-state index contributed by atoms with van der Waals surface area (Å²) in [5.41, 5.74) is 4.71. The normalized spacial score (nSPS) is 10.4. The Labute approximate surface area is 119 Å². The summed E-state index contributed by atoms with van der Waals surface area (Å²) in [6.07, 6.45) is 0. The molecule has 0 bridgehead atoms. The van der Waals surface area contributed by atoms with E-state index in [1.54, 1.807) is 15.4 Å². The van der Waals surface area contributed by atoms with Crippen LogP contribution in [0.15, 0.2) is 29.2 Å². The molecule has 6 N–H and O–H groups in total. The van der Waals surface area contributed by atoms with E-state index in [1.807, 2.05) is 0 Å². The van der Waals surface area contributed by atoms with Crippen LogP contribution in [-0.4, -0.2) is 26.4 Å². The molecule has 1 rings (SSSR count). The van der Waals surface area contributed by atoms with Crippen molar-refractivity contribution in [2.75, 3.05) is 0 Å². The van der Waals surface area contributed by atoms with Crippen LogP contribution in [0.1, 0.15) is 0 Å². The van der Waals surface area contributed by atoms with Gasteiger partial charge in [-0.2, -0.15) is 0 Å². The number of carbonyl (C=O) groups is 2. The SMILES string of the molecule is N=C(NC(N)=O)NC(=O)NS(=O)(=O)c1ccccc1Cl. The molecule has 0 saturated carbocycles. The molecule has 0 atom stereocenters. The lowest BCUT2D eigenvalue weighted by molar-refractivity contribution is 0.249. The zero-order valence-corrected chi connectivity index (χ0v) is 11.4. The van der Waals surface area contributed by atoms with Crippen molar-refractivity contribution >= 4 is 39.6 Å². The number of rotatable bonds is 2. The minimum atomic E-state index is -4.20. The number of nitrogens with one attached hydrogen (secondary N) is 4. The quantitative estimate of drug-likeness (QED) is 0.382. The van der Waals surface area contributed by atoms with Gasteiger partial charge < -0.3 is 5.73 Å². The Morgan fingerprint density at radius 3 is 2.35 bits per heavy atom. The van der Waals surface area contributed by atoms with E-state index in [9.17, 15) is 18.0 Å². The number of amides is 4. The summed E-state index contributed by atoms with van der Waals surface area (Å²) in [6, 6.07) is 3.16. The summed E-state index contributed by atoms with van der Waals surface area (Å²) < 4.78 is 25.3. The molecule has 0 aliphatic carbocycles. The van der Waals surface area contributed by atoms with E-state index in [1.165, 1.54) is 24.3 Å². The highest BCUT2D eigenvalue weighted by Crippen LogP contribution is 2.19. The molecule has 108 valence electrons. The molecule has 1 aromatic carbocycles. The van der Waals surface area contributed by atoms with Gasteiger partial charge in [0.25, 0.3) is 10.0 Å². The smallest absolute Gasteiger partial charge is 0.335 e. The molecule has 0 aliphatic heterocycles. The van der Waals surface area contributed by atoms with Crippen LogP contribution in [0, 0.1) is 5.41 Å². The number of hydrogen-bond donors (Lipinski definition) is 5. The van der Waals surface area contributed by atoms with Crippen molar-refractivity contribution in [1.82, 2.24) is 15.4 Å². The standard InChI is InChI=1S/C9H10ClN5O4S/c10-5-3-1-2-4-6(5)20(18,19)15-9(17)14-7(11)13-8(12)16/h1-4H,(H6,11,12,13,14,15,16,17). The van der Waals surface area contributed by atoms with Crippen LogP contribution in [0.2, 0.25) is 5.02 Å². The van der Waals surface area contributed by atoms with Crippen molar-refractivity contribution in [2.24, 2.45) is 5.73 Å². The maximum Gasteiger partial charge on any atom is 0.335 e. The minimum Gasteiger partial charge on any atom is -0.351 e. The second-order valence-corrected chi connectivity index (χ2v) is 5.41. The number of hydrogen-bond acceptors (Lipinski definition) is 5. The molecule has 9 nitrogen and oxygen atoms in total. The van der Waals surface area contributed by atoms with Gasteiger partial charge in [-0.25, -0.2) is 22.7 Å². The number of urea groups is 2. The van der Waals surface area contributed by atoms with Gasteiger partial charge in [0.2, 0.25) is 5.96 Å². The molecule has 20 heavy (non-hydrogen) atoms. The lowest BCUT2D eigenvalue weighted by Gasteiger charge is -2.10. The average Bonchev–Trinajstić information content (AvgIpc) is 2.26. The molecule has 0 heterocycles. The number of halogens is 1. The van der Waals surface area contributed by atoms with E-state index in [4.69, 9.17) is 22.7 Å². The number of benzene rings is 1. The second kappa shape index (κ2) is 6.21. The first-order chi connectivity index (χ1) is 9.22. The topological polar surface area (TPSA) is 154 Å². The zero-order chi connectivity index (χ0) is 15.3. The third kappa shape index (κ3) is 4.40. The van der Waals surface area contributed by atoms with Crippen molar-refractivity contribution in [3.05, 3.63) is 29.3 Å². The Morgan fingerprint density at radius 2 is 1.80 bits per heavy atom. The fourth-order valence-electron chi connectivity index (χ4n) is 1.13. The van der Waals surface area contributed by atoms with E-state index in [2.05, 4.69) is 0 Å². The van der Waals surface area contributed by atoms with Gasteiger partial charge in [0.1, 0.15) is 4.90 Å². The van der Waals surface area contributed by atoms with Gasteiger partial charge in [0, 0.05) is 0 Å². The summed E-state index contributed by atoms with van der Waals surface area (Å²) in [4.78, 5) is 21.5. The van der Waals surface area contributed by atoms with Crippen LogP contribution in [0.5, 0.6) is 0 Å². The number of carbonyl (C=O) groups excluding carboxylic acids is 2. The molecule has 11 heteroatoms. The maximum absolute atomic E-state index is 11.8. The van der Waals surface area contributed by atoms with E-state index >= 15 is 0 Å². The van der Waals surface area contributed by atoms with Gasteiger partial charge in [-0.05, 0) is 12.1 Å². The summed E-state index contributed by atoms with van der Waals surface area (Å²) >= 11 is 5.70. The van der Waals surface area contributed by atoms with Gasteiger partial charge in [-0.15, -0.1) is 0 Å². The Hall–Kier alpha value is -2.33. The van der Waals surface area contributed by atoms with Crippen molar-refractivity contribution < 1.29 is 18.0 Å². The fourth-order valence-corrected chi connectivity index (χ4v) is 2.56. The van der Waals surface area contributed by atoms with E-state index in [0.29, 0.717) is 0 Å². The van der Waals surface area contributed by atoms with Crippen molar-refractivity contribution in [1.29, 1.82) is 5.41 Å². The number of guanidine groups is 1. The highest BCUT2D eigenvalue weighted by Gasteiger charge is 2.20. The first-order valence-electron chi connectivity index (χ1n) is 4.95. The van der Waals surface area contributed by atoms with Crippen LogP contribution < -0.4 is 21.1 Å². The van der Waals surface area contributed by atoms with Crippen molar-refractivity contribution in [3.63, 3.8) is 0 Å². The number of sulfonamides is 1. The van der Waals surface area contributed by atoms with Crippen LogP contribution in [0.25, 0.3) is 0 Å².